The van der Waals surface area contributed by atoms with Gasteiger partial charge in [0, 0.05) is 26.1 Å². The zero-order chi connectivity index (χ0) is 31.4. The number of amides is 3. The average molecular weight is 606 g/mol. The summed E-state index contributed by atoms with van der Waals surface area (Å²) in [6.07, 6.45) is -0.164. The van der Waals surface area contributed by atoms with E-state index in [4.69, 9.17) is 14.2 Å². The lowest BCUT2D eigenvalue weighted by molar-refractivity contribution is -0.138. The second-order valence-electron chi connectivity index (χ2n) is 9.95. The van der Waals surface area contributed by atoms with E-state index >= 15 is 0 Å². The summed E-state index contributed by atoms with van der Waals surface area (Å²) in [6.45, 7) is 0.530. The predicted octanol–water partition coefficient (Wildman–Crippen LogP) is 4.81. The molecule has 0 saturated heterocycles. The van der Waals surface area contributed by atoms with E-state index in [-0.39, 0.29) is 39.5 Å². The maximum atomic E-state index is 13.1. The topological polar surface area (TPSA) is 135 Å². The number of rotatable bonds is 19. The Morgan fingerprint density at radius 2 is 1.14 bits per heavy atom. The van der Waals surface area contributed by atoms with E-state index in [1.54, 1.807) is 0 Å². The number of nitrogens with zero attached hydrogens (tertiary/aromatic N) is 2. The van der Waals surface area contributed by atoms with Crippen LogP contribution in [0.4, 0.5) is 9.59 Å². The van der Waals surface area contributed by atoms with Crippen molar-refractivity contribution in [2.24, 2.45) is 0 Å². The second-order valence-corrected chi connectivity index (χ2v) is 9.95. The molecule has 3 aromatic carbocycles. The van der Waals surface area contributed by atoms with Gasteiger partial charge in [-0.05, 0) is 29.5 Å². The number of carboxylic acid groups (broad SMARTS) is 1. The molecule has 2 N–H and O–H groups in total. The molecule has 0 saturated carbocycles. The lowest BCUT2D eigenvalue weighted by Gasteiger charge is -2.26. The van der Waals surface area contributed by atoms with E-state index in [1.165, 1.54) is 4.90 Å². The molecular weight excluding hydrogens is 566 g/mol. The third kappa shape index (κ3) is 13.0. The number of hydrogen-bond acceptors (Lipinski definition) is 7. The van der Waals surface area contributed by atoms with Crippen LogP contribution < -0.4 is 5.32 Å². The summed E-state index contributed by atoms with van der Waals surface area (Å²) in [4.78, 5) is 51.0. The first-order valence-electron chi connectivity index (χ1n) is 14.4. The summed E-state index contributed by atoms with van der Waals surface area (Å²) < 4.78 is 16.7. The minimum atomic E-state index is -1.16. The van der Waals surface area contributed by atoms with E-state index in [0.717, 1.165) is 21.6 Å². The maximum absolute atomic E-state index is 13.1. The SMILES string of the molecule is O=CNC(CCN(CCCCN(CC(=O)O)C(=O)OCc1ccccc1)C(=O)OCc1ccccc1)OCc1ccccc1. The Kier molecular flexibility index (Phi) is 14.8. The largest absolute Gasteiger partial charge is 0.480 e. The standard InChI is InChI=1S/C33H39N3O8/c37-26-34-30(42-23-27-12-4-1-5-13-27)18-21-35(32(40)43-24-28-14-6-2-7-15-28)19-10-11-20-36(22-31(38)39)33(41)44-25-29-16-8-3-9-17-29/h1-9,12-17,26,30H,10-11,18-25H2,(H,34,37)(H,38,39). The van der Waals surface area contributed by atoms with Crippen molar-refractivity contribution in [1.82, 2.24) is 15.1 Å². The van der Waals surface area contributed by atoms with Gasteiger partial charge in [0.25, 0.3) is 0 Å². The third-order valence-corrected chi connectivity index (χ3v) is 6.57. The van der Waals surface area contributed by atoms with Crippen molar-refractivity contribution in [3.63, 3.8) is 0 Å². The van der Waals surface area contributed by atoms with Crippen LogP contribution in [0, 0.1) is 0 Å². The summed E-state index contributed by atoms with van der Waals surface area (Å²) in [7, 11) is 0. The van der Waals surface area contributed by atoms with Gasteiger partial charge in [-0.25, -0.2) is 9.59 Å². The van der Waals surface area contributed by atoms with E-state index in [9.17, 15) is 24.3 Å². The number of aliphatic carboxylic acids is 1. The molecule has 1 atom stereocenters. The van der Waals surface area contributed by atoms with Crippen molar-refractivity contribution < 1.29 is 38.5 Å². The molecule has 44 heavy (non-hydrogen) atoms. The highest BCUT2D eigenvalue weighted by molar-refractivity contribution is 5.76. The quantitative estimate of drug-likeness (QED) is 0.113. The van der Waals surface area contributed by atoms with Gasteiger partial charge >= 0.3 is 18.2 Å². The van der Waals surface area contributed by atoms with Crippen LogP contribution in [0.1, 0.15) is 36.0 Å². The molecule has 0 aliphatic rings. The average Bonchev–Trinajstić information content (AvgIpc) is 3.05. The number of benzene rings is 3. The molecule has 0 aromatic heterocycles. The first-order chi connectivity index (χ1) is 21.4. The van der Waals surface area contributed by atoms with Crippen LogP contribution in [-0.2, 0) is 43.6 Å². The first kappa shape index (κ1) is 33.6. The lowest BCUT2D eigenvalue weighted by atomic mass is 10.2. The molecule has 11 nitrogen and oxygen atoms in total. The van der Waals surface area contributed by atoms with Gasteiger partial charge in [-0.3, -0.25) is 14.5 Å². The molecule has 0 fully saturated rings. The number of nitrogens with one attached hydrogen (secondary N) is 1. The summed E-state index contributed by atoms with van der Waals surface area (Å²) in [5, 5.41) is 12.0. The van der Waals surface area contributed by atoms with Crippen LogP contribution in [0.5, 0.6) is 0 Å². The van der Waals surface area contributed by atoms with Crippen LogP contribution in [0.15, 0.2) is 91.0 Å². The molecule has 3 amide bonds. The molecule has 0 bridgehead atoms. The Hall–Kier alpha value is -4.90. The Morgan fingerprint density at radius 3 is 1.61 bits per heavy atom. The number of carbonyl (C=O) groups is 4. The molecule has 234 valence electrons. The number of unbranched alkanes of at least 4 members (excludes halogenated alkanes) is 1. The molecule has 0 radical (unpaired) electrons. The van der Waals surface area contributed by atoms with Gasteiger partial charge in [-0.1, -0.05) is 91.0 Å². The minimum absolute atomic E-state index is 0.0269. The van der Waals surface area contributed by atoms with Crippen LogP contribution in [0.3, 0.4) is 0 Å². The fraction of sp³-hybridized carbons (Fsp3) is 0.333. The molecule has 0 heterocycles. The van der Waals surface area contributed by atoms with Crippen molar-refractivity contribution in [2.45, 2.75) is 45.3 Å². The van der Waals surface area contributed by atoms with Crippen molar-refractivity contribution >= 4 is 24.6 Å². The van der Waals surface area contributed by atoms with E-state index in [2.05, 4.69) is 5.32 Å². The molecular formula is C33H39N3O8. The molecule has 3 rings (SSSR count). The smallest absolute Gasteiger partial charge is 0.410 e. The van der Waals surface area contributed by atoms with Gasteiger partial charge in [0.15, 0.2) is 0 Å². The highest BCUT2D eigenvalue weighted by Crippen LogP contribution is 2.10. The van der Waals surface area contributed by atoms with Crippen LogP contribution >= 0.6 is 0 Å². The Labute approximate surface area is 257 Å². The van der Waals surface area contributed by atoms with Crippen molar-refractivity contribution in [2.75, 3.05) is 26.2 Å². The highest BCUT2D eigenvalue weighted by Gasteiger charge is 2.21. The fourth-order valence-corrected chi connectivity index (χ4v) is 4.25. The van der Waals surface area contributed by atoms with E-state index < -0.39 is 30.9 Å². The van der Waals surface area contributed by atoms with Crippen molar-refractivity contribution in [1.29, 1.82) is 0 Å². The van der Waals surface area contributed by atoms with E-state index in [0.29, 0.717) is 25.7 Å². The number of ether oxygens (including phenoxy) is 3. The minimum Gasteiger partial charge on any atom is -0.480 e. The Morgan fingerprint density at radius 1 is 0.682 bits per heavy atom. The molecule has 11 heteroatoms. The fourth-order valence-electron chi connectivity index (χ4n) is 4.25. The van der Waals surface area contributed by atoms with Gasteiger partial charge < -0.3 is 29.5 Å². The van der Waals surface area contributed by atoms with Crippen LogP contribution in [0.25, 0.3) is 0 Å². The summed E-state index contributed by atoms with van der Waals surface area (Å²) in [5.41, 5.74) is 2.57. The normalized spacial score (nSPS) is 11.2. The Bertz CT molecular complexity index is 1280. The summed E-state index contributed by atoms with van der Waals surface area (Å²) in [5.74, 6) is -1.16. The monoisotopic (exact) mass is 605 g/mol. The molecule has 0 aliphatic carbocycles. The van der Waals surface area contributed by atoms with Gasteiger partial charge in [0.1, 0.15) is 26.0 Å². The second kappa shape index (κ2) is 19.3. The molecule has 0 spiro atoms. The van der Waals surface area contributed by atoms with Crippen LogP contribution in [0.2, 0.25) is 0 Å². The summed E-state index contributed by atoms with van der Waals surface area (Å²) in [6, 6.07) is 27.9. The first-order valence-corrected chi connectivity index (χ1v) is 14.4. The van der Waals surface area contributed by atoms with Gasteiger partial charge in [-0.2, -0.15) is 0 Å². The zero-order valence-electron chi connectivity index (χ0n) is 24.6. The summed E-state index contributed by atoms with van der Waals surface area (Å²) >= 11 is 0. The number of carboxylic acids is 1. The van der Waals surface area contributed by atoms with Crippen molar-refractivity contribution in [3.05, 3.63) is 108 Å². The molecule has 0 aliphatic heterocycles. The third-order valence-electron chi connectivity index (χ3n) is 6.57. The maximum Gasteiger partial charge on any atom is 0.410 e. The highest BCUT2D eigenvalue weighted by atomic mass is 16.6. The number of hydrogen-bond donors (Lipinski definition) is 2. The number of carbonyl (C=O) groups excluding carboxylic acids is 3. The van der Waals surface area contributed by atoms with Crippen molar-refractivity contribution in [3.8, 4) is 0 Å². The lowest BCUT2D eigenvalue weighted by Crippen LogP contribution is -2.39. The van der Waals surface area contributed by atoms with Gasteiger partial charge in [-0.15, -0.1) is 0 Å². The Balaban J connectivity index is 1.55. The van der Waals surface area contributed by atoms with Gasteiger partial charge in [0.2, 0.25) is 6.41 Å². The van der Waals surface area contributed by atoms with E-state index in [1.807, 2.05) is 91.0 Å². The molecule has 1 unspecified atom stereocenters. The predicted molar refractivity (Wildman–Crippen MR) is 162 cm³/mol. The zero-order valence-corrected chi connectivity index (χ0v) is 24.6. The molecule has 3 aromatic rings. The van der Waals surface area contributed by atoms with Crippen LogP contribution in [-0.4, -0.2) is 71.9 Å². The van der Waals surface area contributed by atoms with Gasteiger partial charge in [0.05, 0.1) is 6.61 Å².